The van der Waals surface area contributed by atoms with Gasteiger partial charge in [0.05, 0.1) is 12.8 Å². The van der Waals surface area contributed by atoms with E-state index < -0.39 is 0 Å². The molecule has 0 unspecified atom stereocenters. The van der Waals surface area contributed by atoms with Crippen LogP contribution in [-0.2, 0) is 6.54 Å². The minimum Gasteiger partial charge on any atom is -0.497 e. The molecule has 0 saturated carbocycles. The summed E-state index contributed by atoms with van der Waals surface area (Å²) in [6, 6.07) is 8.04. The van der Waals surface area contributed by atoms with Crippen LogP contribution >= 0.6 is 11.3 Å². The Bertz CT molecular complexity index is 505. The van der Waals surface area contributed by atoms with E-state index in [9.17, 15) is 0 Å². The van der Waals surface area contributed by atoms with Crippen molar-refractivity contribution in [2.24, 2.45) is 0 Å². The average Bonchev–Trinajstić information content (AvgIpc) is 2.78. The lowest BCUT2D eigenvalue weighted by atomic mass is 10.2. The van der Waals surface area contributed by atoms with Gasteiger partial charge in [-0.3, -0.25) is 0 Å². The number of rotatable bonds is 5. The molecule has 0 fully saturated rings. The number of ether oxygens (including phenoxy) is 1. The van der Waals surface area contributed by atoms with E-state index in [2.05, 4.69) is 24.1 Å². The van der Waals surface area contributed by atoms with Crippen molar-refractivity contribution in [1.82, 2.24) is 10.3 Å². The number of aryl methyl sites for hydroxylation is 1. The minimum absolute atomic E-state index is 0.875. The maximum atomic E-state index is 5.16. The second-order valence-electron chi connectivity index (χ2n) is 4.04. The van der Waals surface area contributed by atoms with Crippen LogP contribution in [0, 0.1) is 6.92 Å². The van der Waals surface area contributed by atoms with Gasteiger partial charge >= 0.3 is 0 Å². The minimum atomic E-state index is 0.875. The molecular weight excluding hydrogens is 244 g/mol. The summed E-state index contributed by atoms with van der Waals surface area (Å²) in [5, 5.41) is 4.41. The van der Waals surface area contributed by atoms with Crippen molar-refractivity contribution >= 4 is 11.3 Å². The van der Waals surface area contributed by atoms with Gasteiger partial charge in [0.1, 0.15) is 10.8 Å². The summed E-state index contributed by atoms with van der Waals surface area (Å²) >= 11 is 1.75. The first kappa shape index (κ1) is 13.1. The van der Waals surface area contributed by atoms with E-state index in [4.69, 9.17) is 4.74 Å². The van der Waals surface area contributed by atoms with Crippen LogP contribution in [0.3, 0.4) is 0 Å². The molecule has 0 aliphatic carbocycles. The maximum absolute atomic E-state index is 5.16. The van der Waals surface area contributed by atoms with Crippen LogP contribution in [0.25, 0.3) is 10.6 Å². The lowest BCUT2D eigenvalue weighted by Crippen LogP contribution is -2.11. The molecule has 96 valence electrons. The summed E-state index contributed by atoms with van der Waals surface area (Å²) < 4.78 is 5.16. The molecule has 4 heteroatoms. The number of hydrogen-bond donors (Lipinski definition) is 1. The quantitative estimate of drug-likeness (QED) is 0.898. The fraction of sp³-hybridized carbons (Fsp3) is 0.357. The SMILES string of the molecule is CCNCc1sc(-c2ccc(OC)cc2)nc1C. The van der Waals surface area contributed by atoms with Gasteiger partial charge in [-0.1, -0.05) is 6.92 Å². The highest BCUT2D eigenvalue weighted by atomic mass is 32.1. The lowest BCUT2D eigenvalue weighted by Gasteiger charge is -2.00. The van der Waals surface area contributed by atoms with E-state index in [1.165, 1.54) is 4.88 Å². The topological polar surface area (TPSA) is 34.1 Å². The van der Waals surface area contributed by atoms with Crippen LogP contribution in [0.1, 0.15) is 17.5 Å². The molecule has 2 rings (SSSR count). The molecule has 0 atom stereocenters. The Kier molecular flexibility index (Phi) is 4.33. The van der Waals surface area contributed by atoms with E-state index in [-0.39, 0.29) is 0 Å². The summed E-state index contributed by atoms with van der Waals surface area (Å²) in [6.45, 7) is 6.06. The number of benzene rings is 1. The molecule has 1 aromatic heterocycles. The highest BCUT2D eigenvalue weighted by Gasteiger charge is 2.08. The molecule has 1 N–H and O–H groups in total. The summed E-state index contributed by atoms with van der Waals surface area (Å²) in [7, 11) is 1.68. The molecule has 0 saturated heterocycles. The van der Waals surface area contributed by atoms with Crippen LogP contribution in [0.2, 0.25) is 0 Å². The van der Waals surface area contributed by atoms with E-state index in [1.807, 2.05) is 24.3 Å². The first-order chi connectivity index (χ1) is 8.74. The molecule has 1 aromatic carbocycles. The Balaban J connectivity index is 2.21. The standard InChI is InChI=1S/C14H18N2OS/c1-4-15-9-13-10(2)16-14(18-13)11-5-7-12(17-3)8-6-11/h5-8,15H,4,9H2,1-3H3. The van der Waals surface area contributed by atoms with Crippen LogP contribution in [0.15, 0.2) is 24.3 Å². The number of nitrogens with zero attached hydrogens (tertiary/aromatic N) is 1. The fourth-order valence-corrected chi connectivity index (χ4v) is 2.73. The number of nitrogens with one attached hydrogen (secondary N) is 1. The van der Waals surface area contributed by atoms with Gasteiger partial charge < -0.3 is 10.1 Å². The van der Waals surface area contributed by atoms with Gasteiger partial charge in [0.25, 0.3) is 0 Å². The fourth-order valence-electron chi connectivity index (χ4n) is 1.69. The van der Waals surface area contributed by atoms with Crippen molar-refractivity contribution in [2.45, 2.75) is 20.4 Å². The molecule has 0 radical (unpaired) electrons. The van der Waals surface area contributed by atoms with Gasteiger partial charge in [-0.2, -0.15) is 0 Å². The largest absolute Gasteiger partial charge is 0.497 e. The van der Waals surface area contributed by atoms with E-state index in [1.54, 1.807) is 18.4 Å². The molecular formula is C14H18N2OS. The van der Waals surface area contributed by atoms with Crippen molar-refractivity contribution < 1.29 is 4.74 Å². The second kappa shape index (κ2) is 5.98. The zero-order valence-electron chi connectivity index (χ0n) is 11.0. The Morgan fingerprint density at radius 3 is 2.61 bits per heavy atom. The zero-order valence-corrected chi connectivity index (χ0v) is 11.8. The average molecular weight is 262 g/mol. The third-order valence-electron chi connectivity index (χ3n) is 2.77. The molecule has 0 aliphatic heterocycles. The first-order valence-electron chi connectivity index (χ1n) is 6.06. The maximum Gasteiger partial charge on any atom is 0.123 e. The summed E-state index contributed by atoms with van der Waals surface area (Å²) in [5.41, 5.74) is 2.26. The zero-order chi connectivity index (χ0) is 13.0. The second-order valence-corrected chi connectivity index (χ2v) is 5.12. The molecule has 0 bridgehead atoms. The van der Waals surface area contributed by atoms with Gasteiger partial charge in [0, 0.05) is 17.0 Å². The van der Waals surface area contributed by atoms with Crippen molar-refractivity contribution in [2.75, 3.05) is 13.7 Å². The van der Waals surface area contributed by atoms with Gasteiger partial charge in [-0.15, -0.1) is 11.3 Å². The monoisotopic (exact) mass is 262 g/mol. The number of aromatic nitrogens is 1. The van der Waals surface area contributed by atoms with E-state index in [0.717, 1.165) is 35.1 Å². The number of methoxy groups -OCH3 is 1. The molecule has 2 aromatic rings. The third-order valence-corrected chi connectivity index (χ3v) is 3.97. The highest BCUT2D eigenvalue weighted by Crippen LogP contribution is 2.29. The van der Waals surface area contributed by atoms with E-state index >= 15 is 0 Å². The predicted molar refractivity (Wildman–Crippen MR) is 76.2 cm³/mol. The van der Waals surface area contributed by atoms with Gasteiger partial charge in [-0.25, -0.2) is 4.98 Å². The molecule has 3 nitrogen and oxygen atoms in total. The van der Waals surface area contributed by atoms with Crippen LogP contribution < -0.4 is 10.1 Å². The van der Waals surface area contributed by atoms with Crippen LogP contribution in [0.4, 0.5) is 0 Å². The Morgan fingerprint density at radius 2 is 2.00 bits per heavy atom. The van der Waals surface area contributed by atoms with Gasteiger partial charge in [-0.05, 0) is 37.7 Å². The molecule has 0 amide bonds. The van der Waals surface area contributed by atoms with Gasteiger partial charge in [0.2, 0.25) is 0 Å². The third kappa shape index (κ3) is 2.89. The summed E-state index contributed by atoms with van der Waals surface area (Å²) in [5.74, 6) is 0.875. The molecule has 1 heterocycles. The van der Waals surface area contributed by atoms with Crippen molar-refractivity contribution in [3.8, 4) is 16.3 Å². The lowest BCUT2D eigenvalue weighted by molar-refractivity contribution is 0.415. The predicted octanol–water partition coefficient (Wildman–Crippen LogP) is 3.24. The highest BCUT2D eigenvalue weighted by molar-refractivity contribution is 7.15. The van der Waals surface area contributed by atoms with Crippen molar-refractivity contribution in [1.29, 1.82) is 0 Å². The Morgan fingerprint density at radius 1 is 1.28 bits per heavy atom. The van der Waals surface area contributed by atoms with Crippen LogP contribution in [-0.4, -0.2) is 18.6 Å². The van der Waals surface area contributed by atoms with Crippen molar-refractivity contribution in [3.63, 3.8) is 0 Å². The summed E-state index contributed by atoms with van der Waals surface area (Å²) in [6.07, 6.45) is 0. The van der Waals surface area contributed by atoms with Crippen LogP contribution in [0.5, 0.6) is 5.75 Å². The molecule has 0 spiro atoms. The number of hydrogen-bond acceptors (Lipinski definition) is 4. The van der Waals surface area contributed by atoms with E-state index in [0.29, 0.717) is 0 Å². The Labute approximate surface area is 112 Å². The first-order valence-corrected chi connectivity index (χ1v) is 6.87. The summed E-state index contributed by atoms with van der Waals surface area (Å²) in [4.78, 5) is 5.94. The molecule has 0 aliphatic rings. The Hall–Kier alpha value is -1.39. The smallest absolute Gasteiger partial charge is 0.123 e. The molecule has 18 heavy (non-hydrogen) atoms. The number of thiazole rings is 1. The van der Waals surface area contributed by atoms with Crippen molar-refractivity contribution in [3.05, 3.63) is 34.8 Å². The van der Waals surface area contributed by atoms with Gasteiger partial charge in [0.15, 0.2) is 0 Å². The normalized spacial score (nSPS) is 10.6.